The Morgan fingerprint density at radius 2 is 1.75 bits per heavy atom. The molecule has 112 valence electrons. The number of hydrogen-bond donors (Lipinski definition) is 5. The van der Waals surface area contributed by atoms with Crippen molar-refractivity contribution in [2.24, 2.45) is 11.7 Å². The second-order valence-corrected chi connectivity index (χ2v) is 5.31. The predicted octanol–water partition coefficient (Wildman–Crippen LogP) is -0.143. The first-order chi connectivity index (χ1) is 9.40. The first-order valence-corrected chi connectivity index (χ1v) is 6.64. The van der Waals surface area contributed by atoms with Gasteiger partial charge in [-0.1, -0.05) is 12.1 Å². The molecule has 6 nitrogen and oxygen atoms in total. The molecule has 1 aromatic carbocycles. The highest BCUT2D eigenvalue weighted by molar-refractivity contribution is 5.27. The van der Waals surface area contributed by atoms with Gasteiger partial charge in [-0.2, -0.15) is 0 Å². The molecular formula is C14H21NO5. The van der Waals surface area contributed by atoms with Crippen LogP contribution in [0.5, 0.6) is 5.75 Å². The van der Waals surface area contributed by atoms with Crippen LogP contribution in [0.25, 0.3) is 0 Å². The number of phenolic OH excluding ortho intramolecular Hbond substituents is 1. The summed E-state index contributed by atoms with van der Waals surface area (Å²) in [6.07, 6.45) is -3.66. The molecule has 0 amide bonds. The summed E-state index contributed by atoms with van der Waals surface area (Å²) < 4.78 is 5.19. The van der Waals surface area contributed by atoms with E-state index >= 15 is 0 Å². The Bertz CT molecular complexity index is 438. The molecule has 1 saturated heterocycles. The van der Waals surface area contributed by atoms with Crippen LogP contribution in [-0.4, -0.2) is 45.0 Å². The lowest BCUT2D eigenvalue weighted by atomic mass is 9.85. The third kappa shape index (κ3) is 3.11. The summed E-state index contributed by atoms with van der Waals surface area (Å²) in [6.45, 7) is 1.59. The van der Waals surface area contributed by atoms with Crippen molar-refractivity contribution in [2.45, 2.75) is 44.0 Å². The fourth-order valence-corrected chi connectivity index (χ4v) is 2.51. The molecule has 0 aliphatic carbocycles. The Hall–Kier alpha value is -1.18. The van der Waals surface area contributed by atoms with Crippen LogP contribution in [0.4, 0.5) is 0 Å². The zero-order chi connectivity index (χ0) is 14.9. The zero-order valence-electron chi connectivity index (χ0n) is 11.3. The van der Waals surface area contributed by atoms with Gasteiger partial charge in [0.05, 0.1) is 12.2 Å². The molecule has 6 N–H and O–H groups in total. The van der Waals surface area contributed by atoms with Crippen LogP contribution in [0, 0.1) is 5.92 Å². The summed E-state index contributed by atoms with van der Waals surface area (Å²) in [5.41, 5.74) is 6.81. The van der Waals surface area contributed by atoms with Crippen molar-refractivity contribution in [1.29, 1.82) is 0 Å². The molecule has 20 heavy (non-hydrogen) atoms. The number of aromatic hydroxyl groups is 1. The first kappa shape index (κ1) is 15.2. The molecule has 6 heteroatoms. The predicted molar refractivity (Wildman–Crippen MR) is 71.7 cm³/mol. The molecule has 1 heterocycles. The largest absolute Gasteiger partial charge is 0.508 e. The van der Waals surface area contributed by atoms with Gasteiger partial charge < -0.3 is 30.9 Å². The van der Waals surface area contributed by atoms with Gasteiger partial charge >= 0.3 is 0 Å². The van der Waals surface area contributed by atoms with Crippen molar-refractivity contribution in [1.82, 2.24) is 0 Å². The smallest absolute Gasteiger partial charge is 0.160 e. The van der Waals surface area contributed by atoms with Gasteiger partial charge in [0.1, 0.15) is 11.9 Å². The highest BCUT2D eigenvalue weighted by Gasteiger charge is 2.42. The Morgan fingerprint density at radius 1 is 1.15 bits per heavy atom. The van der Waals surface area contributed by atoms with Crippen LogP contribution in [-0.2, 0) is 4.74 Å². The zero-order valence-corrected chi connectivity index (χ0v) is 11.3. The van der Waals surface area contributed by atoms with E-state index in [-0.39, 0.29) is 12.2 Å². The van der Waals surface area contributed by atoms with Crippen LogP contribution in [0.2, 0.25) is 0 Å². The minimum absolute atomic E-state index is 0.145. The van der Waals surface area contributed by atoms with E-state index in [4.69, 9.17) is 10.5 Å². The lowest BCUT2D eigenvalue weighted by molar-refractivity contribution is -0.261. The number of hydrogen-bond acceptors (Lipinski definition) is 6. The average molecular weight is 283 g/mol. The van der Waals surface area contributed by atoms with Crippen molar-refractivity contribution < 1.29 is 25.2 Å². The van der Waals surface area contributed by atoms with Crippen molar-refractivity contribution >= 4 is 0 Å². The van der Waals surface area contributed by atoms with E-state index in [0.717, 1.165) is 5.56 Å². The van der Waals surface area contributed by atoms with Gasteiger partial charge in [-0.3, -0.25) is 0 Å². The number of aliphatic hydroxyl groups is 3. The number of benzene rings is 1. The summed E-state index contributed by atoms with van der Waals surface area (Å²) in [5.74, 6) is -0.517. The fraction of sp³-hybridized carbons (Fsp3) is 0.571. The van der Waals surface area contributed by atoms with Gasteiger partial charge in [0.15, 0.2) is 6.29 Å². The second kappa shape index (κ2) is 6.07. The molecule has 0 saturated carbocycles. The van der Waals surface area contributed by atoms with E-state index in [1.54, 1.807) is 19.1 Å². The Morgan fingerprint density at radius 3 is 2.35 bits per heavy atom. The molecule has 1 aliphatic heterocycles. The SMILES string of the molecule is C[C@H]1OC(O)[C@@H](CC(N)c2ccc(O)cc2)[C@@H](O)[C@@H]1O. The topological polar surface area (TPSA) is 116 Å². The van der Waals surface area contributed by atoms with Gasteiger partial charge in [-0.05, 0) is 31.0 Å². The van der Waals surface area contributed by atoms with Crippen molar-refractivity contribution in [3.63, 3.8) is 0 Å². The molecule has 2 unspecified atom stereocenters. The van der Waals surface area contributed by atoms with Crippen LogP contribution in [0.1, 0.15) is 24.9 Å². The Kier molecular flexibility index (Phi) is 4.62. The Balaban J connectivity index is 2.06. The minimum atomic E-state index is -1.16. The van der Waals surface area contributed by atoms with Crippen LogP contribution >= 0.6 is 0 Å². The first-order valence-electron chi connectivity index (χ1n) is 6.64. The normalized spacial score (nSPS) is 35.8. The van der Waals surface area contributed by atoms with Gasteiger partial charge in [-0.25, -0.2) is 0 Å². The minimum Gasteiger partial charge on any atom is -0.508 e. The number of nitrogens with two attached hydrogens (primary N) is 1. The monoisotopic (exact) mass is 283 g/mol. The summed E-state index contributed by atoms with van der Waals surface area (Å²) >= 11 is 0. The lowest BCUT2D eigenvalue weighted by Crippen LogP contribution is -2.53. The third-order valence-corrected chi connectivity index (χ3v) is 3.84. The van der Waals surface area contributed by atoms with Crippen molar-refractivity contribution in [3.05, 3.63) is 29.8 Å². The summed E-state index contributed by atoms with van der Waals surface area (Å²) in [5, 5.41) is 38.9. The van der Waals surface area contributed by atoms with Gasteiger partial charge in [-0.15, -0.1) is 0 Å². The molecule has 0 aromatic heterocycles. The van der Waals surface area contributed by atoms with Gasteiger partial charge in [0.25, 0.3) is 0 Å². The summed E-state index contributed by atoms with van der Waals surface area (Å²) in [7, 11) is 0. The van der Waals surface area contributed by atoms with Crippen LogP contribution < -0.4 is 5.73 Å². The number of phenols is 1. The van der Waals surface area contributed by atoms with Crippen LogP contribution in [0.3, 0.4) is 0 Å². The van der Waals surface area contributed by atoms with Crippen molar-refractivity contribution in [2.75, 3.05) is 0 Å². The van der Waals surface area contributed by atoms with E-state index in [2.05, 4.69) is 0 Å². The molecule has 6 atom stereocenters. The summed E-state index contributed by atoms with van der Waals surface area (Å²) in [6, 6.07) is 5.98. The van der Waals surface area contributed by atoms with Gasteiger partial charge in [0, 0.05) is 12.0 Å². The van der Waals surface area contributed by atoms with E-state index < -0.39 is 36.6 Å². The molecule has 0 spiro atoms. The highest BCUT2D eigenvalue weighted by Crippen LogP contribution is 2.31. The number of rotatable bonds is 3. The van der Waals surface area contributed by atoms with E-state index in [0.29, 0.717) is 0 Å². The maximum atomic E-state index is 10.0. The van der Waals surface area contributed by atoms with E-state index in [1.807, 2.05) is 0 Å². The standard InChI is InChI=1S/C14H21NO5/c1-7-12(17)13(18)10(14(19)20-7)6-11(15)8-2-4-9(16)5-3-8/h2-5,7,10-14,16-19H,6,15H2,1H3/t7-,10+,11?,12-,13-,14?/m1/s1. The van der Waals surface area contributed by atoms with E-state index in [1.165, 1.54) is 12.1 Å². The molecule has 1 fully saturated rings. The molecule has 0 bridgehead atoms. The summed E-state index contributed by atoms with van der Waals surface area (Å²) in [4.78, 5) is 0. The highest BCUT2D eigenvalue weighted by atomic mass is 16.6. The maximum Gasteiger partial charge on any atom is 0.160 e. The quantitative estimate of drug-likeness (QED) is 0.527. The van der Waals surface area contributed by atoms with Gasteiger partial charge in [0.2, 0.25) is 0 Å². The molecular weight excluding hydrogens is 262 g/mol. The molecule has 2 rings (SSSR count). The maximum absolute atomic E-state index is 10.0. The lowest BCUT2D eigenvalue weighted by Gasteiger charge is -2.40. The number of aliphatic hydroxyl groups excluding tert-OH is 3. The average Bonchev–Trinajstić information content (AvgIpc) is 2.42. The molecule has 0 radical (unpaired) electrons. The van der Waals surface area contributed by atoms with Crippen LogP contribution in [0.15, 0.2) is 24.3 Å². The third-order valence-electron chi connectivity index (χ3n) is 3.84. The molecule has 1 aliphatic rings. The second-order valence-electron chi connectivity index (χ2n) is 5.31. The fourth-order valence-electron chi connectivity index (χ4n) is 2.51. The van der Waals surface area contributed by atoms with E-state index in [9.17, 15) is 20.4 Å². The molecule has 1 aromatic rings. The Labute approximate surface area is 117 Å². The number of ether oxygens (including phenoxy) is 1. The van der Waals surface area contributed by atoms with Crippen molar-refractivity contribution in [3.8, 4) is 5.75 Å².